The summed E-state index contributed by atoms with van der Waals surface area (Å²) < 4.78 is 38.6. The molecule has 0 spiro atoms. The van der Waals surface area contributed by atoms with Gasteiger partial charge in [-0.25, -0.2) is 4.79 Å². The summed E-state index contributed by atoms with van der Waals surface area (Å²) in [7, 11) is 0. The molecule has 0 rings (SSSR count). The SMILES string of the molecule is C[C@H](N)C(=O)NCCCC(=O)OC(=O)C(F)(F)F. The van der Waals surface area contributed by atoms with Crippen LogP contribution in [0.4, 0.5) is 13.2 Å². The van der Waals surface area contributed by atoms with Crippen LogP contribution in [0.25, 0.3) is 0 Å². The van der Waals surface area contributed by atoms with Crippen LogP contribution < -0.4 is 11.1 Å². The number of amides is 1. The first kappa shape index (κ1) is 16.4. The van der Waals surface area contributed by atoms with Crippen molar-refractivity contribution in [2.75, 3.05) is 6.54 Å². The molecule has 6 nitrogen and oxygen atoms in total. The lowest BCUT2D eigenvalue weighted by atomic mass is 10.3. The lowest BCUT2D eigenvalue weighted by molar-refractivity contribution is -0.201. The Hall–Kier alpha value is -1.64. The summed E-state index contributed by atoms with van der Waals surface area (Å²) in [6.45, 7) is 1.50. The number of nitrogens with two attached hydrogens (primary N) is 1. The van der Waals surface area contributed by atoms with Gasteiger partial charge in [-0.1, -0.05) is 0 Å². The summed E-state index contributed by atoms with van der Waals surface area (Å²) in [5.74, 6) is -4.30. The number of carbonyl (C=O) groups is 3. The fourth-order valence-corrected chi connectivity index (χ4v) is 0.818. The van der Waals surface area contributed by atoms with Crippen molar-refractivity contribution in [2.24, 2.45) is 5.73 Å². The van der Waals surface area contributed by atoms with Gasteiger partial charge in [0.25, 0.3) is 0 Å². The van der Waals surface area contributed by atoms with Gasteiger partial charge >= 0.3 is 18.1 Å². The van der Waals surface area contributed by atoms with Crippen LogP contribution in [0.1, 0.15) is 19.8 Å². The maximum atomic E-state index is 11.7. The molecular formula is C9H13F3N2O4. The monoisotopic (exact) mass is 270 g/mol. The number of rotatable bonds is 5. The van der Waals surface area contributed by atoms with Crippen molar-refractivity contribution in [1.82, 2.24) is 5.32 Å². The zero-order valence-corrected chi connectivity index (χ0v) is 9.54. The summed E-state index contributed by atoms with van der Waals surface area (Å²) >= 11 is 0. The number of nitrogens with one attached hydrogen (secondary N) is 1. The Kier molecular flexibility index (Phi) is 6.31. The smallest absolute Gasteiger partial charge is 0.386 e. The number of alkyl halides is 3. The van der Waals surface area contributed by atoms with E-state index in [2.05, 4.69) is 10.1 Å². The highest BCUT2D eigenvalue weighted by Gasteiger charge is 2.42. The lowest BCUT2D eigenvalue weighted by Crippen LogP contribution is -2.38. The van der Waals surface area contributed by atoms with Gasteiger partial charge in [-0.3, -0.25) is 9.59 Å². The summed E-state index contributed by atoms with van der Waals surface area (Å²) in [4.78, 5) is 32.0. The van der Waals surface area contributed by atoms with Gasteiger partial charge in [0.2, 0.25) is 5.91 Å². The van der Waals surface area contributed by atoms with Crippen LogP contribution in [0.3, 0.4) is 0 Å². The molecule has 0 fully saturated rings. The Morgan fingerprint density at radius 2 is 1.89 bits per heavy atom. The Bertz CT molecular complexity index is 328. The first-order valence-corrected chi connectivity index (χ1v) is 4.99. The fourth-order valence-electron chi connectivity index (χ4n) is 0.818. The van der Waals surface area contributed by atoms with E-state index in [0.29, 0.717) is 0 Å². The Morgan fingerprint density at radius 3 is 2.33 bits per heavy atom. The van der Waals surface area contributed by atoms with Crippen molar-refractivity contribution < 1.29 is 32.3 Å². The van der Waals surface area contributed by atoms with E-state index in [0.717, 1.165) is 0 Å². The molecule has 104 valence electrons. The molecule has 1 amide bonds. The third kappa shape index (κ3) is 6.84. The van der Waals surface area contributed by atoms with Crippen LogP contribution in [-0.4, -0.2) is 36.6 Å². The van der Waals surface area contributed by atoms with E-state index in [1.54, 1.807) is 0 Å². The maximum Gasteiger partial charge on any atom is 0.491 e. The fraction of sp³-hybridized carbons (Fsp3) is 0.667. The zero-order valence-electron chi connectivity index (χ0n) is 9.54. The predicted molar refractivity (Wildman–Crippen MR) is 53.0 cm³/mol. The molecular weight excluding hydrogens is 257 g/mol. The van der Waals surface area contributed by atoms with Gasteiger partial charge in [-0.2, -0.15) is 13.2 Å². The van der Waals surface area contributed by atoms with Crippen molar-refractivity contribution >= 4 is 17.8 Å². The number of hydrogen-bond donors (Lipinski definition) is 2. The van der Waals surface area contributed by atoms with E-state index in [1.165, 1.54) is 6.92 Å². The standard InChI is InChI=1S/C9H13F3N2O4/c1-5(13)7(16)14-4-2-3-6(15)18-8(17)9(10,11)12/h5H,2-4,13H2,1H3,(H,14,16)/t5-/m0/s1. The first-order chi connectivity index (χ1) is 8.14. The lowest BCUT2D eigenvalue weighted by Gasteiger charge is -2.07. The van der Waals surface area contributed by atoms with Crippen molar-refractivity contribution in [2.45, 2.75) is 32.0 Å². The molecule has 0 saturated heterocycles. The predicted octanol–water partition coefficient (Wildman–Crippen LogP) is -0.138. The van der Waals surface area contributed by atoms with E-state index in [9.17, 15) is 27.6 Å². The minimum atomic E-state index is -5.20. The number of ether oxygens (including phenoxy) is 1. The number of hydrogen-bond acceptors (Lipinski definition) is 5. The molecule has 0 aromatic rings. The topological polar surface area (TPSA) is 98.5 Å². The number of halogens is 3. The van der Waals surface area contributed by atoms with Crippen molar-refractivity contribution in [3.05, 3.63) is 0 Å². The van der Waals surface area contributed by atoms with Gasteiger partial charge in [-0.05, 0) is 13.3 Å². The summed E-state index contributed by atoms with van der Waals surface area (Å²) in [5.41, 5.74) is 5.22. The van der Waals surface area contributed by atoms with Crippen molar-refractivity contribution in [1.29, 1.82) is 0 Å². The molecule has 0 aromatic heterocycles. The number of carbonyl (C=O) groups excluding carboxylic acids is 3. The van der Waals surface area contributed by atoms with E-state index >= 15 is 0 Å². The Balaban J connectivity index is 3.80. The number of esters is 2. The summed E-state index contributed by atoms with van der Waals surface area (Å²) in [6.07, 6.45) is -5.57. The first-order valence-electron chi connectivity index (χ1n) is 4.99. The second-order valence-corrected chi connectivity index (χ2v) is 3.44. The highest BCUT2D eigenvalue weighted by molar-refractivity contribution is 5.88. The van der Waals surface area contributed by atoms with Crippen LogP contribution in [-0.2, 0) is 19.1 Å². The normalized spacial score (nSPS) is 12.7. The average Bonchev–Trinajstić information content (AvgIpc) is 2.22. The van der Waals surface area contributed by atoms with Crippen LogP contribution in [0.15, 0.2) is 0 Å². The molecule has 3 N–H and O–H groups in total. The molecule has 0 radical (unpaired) electrons. The highest BCUT2D eigenvalue weighted by Crippen LogP contribution is 2.16. The van der Waals surface area contributed by atoms with Crippen molar-refractivity contribution in [3.63, 3.8) is 0 Å². The minimum absolute atomic E-state index is 0.0441. The molecule has 1 atom stereocenters. The van der Waals surface area contributed by atoms with E-state index in [4.69, 9.17) is 5.73 Å². The Morgan fingerprint density at radius 1 is 1.33 bits per heavy atom. The Labute approximate surface area is 101 Å². The maximum absolute atomic E-state index is 11.7. The van der Waals surface area contributed by atoms with Crippen LogP contribution in [0.5, 0.6) is 0 Å². The van der Waals surface area contributed by atoms with Crippen molar-refractivity contribution in [3.8, 4) is 0 Å². The molecule has 0 saturated carbocycles. The van der Waals surface area contributed by atoms with Crippen LogP contribution in [0, 0.1) is 0 Å². The van der Waals surface area contributed by atoms with E-state index in [-0.39, 0.29) is 13.0 Å². The zero-order chi connectivity index (χ0) is 14.3. The molecule has 0 aliphatic carbocycles. The molecule has 0 bridgehead atoms. The summed E-state index contributed by atoms with van der Waals surface area (Å²) in [5, 5.41) is 2.34. The molecule has 9 heteroatoms. The van der Waals surface area contributed by atoms with E-state index < -0.39 is 36.5 Å². The molecule has 0 aliphatic rings. The third-order valence-corrected chi connectivity index (χ3v) is 1.71. The molecule has 0 aromatic carbocycles. The quantitative estimate of drug-likeness (QED) is 0.411. The minimum Gasteiger partial charge on any atom is -0.386 e. The second-order valence-electron chi connectivity index (χ2n) is 3.44. The second kappa shape index (κ2) is 6.94. The van der Waals surface area contributed by atoms with Crippen LogP contribution in [0.2, 0.25) is 0 Å². The van der Waals surface area contributed by atoms with Gasteiger partial charge in [0, 0.05) is 13.0 Å². The van der Waals surface area contributed by atoms with Gasteiger partial charge in [-0.15, -0.1) is 0 Å². The largest absolute Gasteiger partial charge is 0.491 e. The third-order valence-electron chi connectivity index (χ3n) is 1.71. The average molecular weight is 270 g/mol. The van der Waals surface area contributed by atoms with Gasteiger partial charge in [0.15, 0.2) is 0 Å². The molecule has 0 heterocycles. The molecule has 0 unspecified atom stereocenters. The highest BCUT2D eigenvalue weighted by atomic mass is 19.4. The van der Waals surface area contributed by atoms with Gasteiger partial charge in [0.05, 0.1) is 6.04 Å². The van der Waals surface area contributed by atoms with Crippen LogP contribution >= 0.6 is 0 Å². The molecule has 0 aliphatic heterocycles. The van der Waals surface area contributed by atoms with E-state index in [1.807, 2.05) is 0 Å². The molecule has 18 heavy (non-hydrogen) atoms. The summed E-state index contributed by atoms with van der Waals surface area (Å²) in [6, 6.07) is -0.719. The van der Waals surface area contributed by atoms with Gasteiger partial charge in [0.1, 0.15) is 0 Å². The van der Waals surface area contributed by atoms with Gasteiger partial charge < -0.3 is 15.8 Å².